The van der Waals surface area contributed by atoms with Gasteiger partial charge in [-0.1, -0.05) is 0 Å². The third-order valence-electron chi connectivity index (χ3n) is 0.682. The maximum atomic E-state index is 9.79. The Bertz CT molecular complexity index is 131. The molecule has 0 bridgehead atoms. The van der Waals surface area contributed by atoms with Gasteiger partial charge >= 0.3 is 6.16 Å². The summed E-state index contributed by atoms with van der Waals surface area (Å²) < 4.78 is 4.35. The highest BCUT2D eigenvalue weighted by Gasteiger charge is 2.13. The first-order valence-corrected chi connectivity index (χ1v) is 3.89. The average molecular weight is 193 g/mol. The molecule has 0 saturated heterocycles. The number of carbonyl (C=O) groups is 1. The molecule has 0 fully saturated rings. The van der Waals surface area contributed by atoms with Gasteiger partial charge in [0, 0.05) is 13.1 Å². The van der Waals surface area contributed by atoms with Crippen LogP contribution in [0.1, 0.15) is 20.8 Å². The average Bonchev–Trinajstić information content (AvgIpc) is 1.84. The summed E-state index contributed by atoms with van der Waals surface area (Å²) in [6.07, 6.45) is -1.22. The molecule has 0 radical (unpaired) electrons. The lowest BCUT2D eigenvalue weighted by Crippen LogP contribution is -2.28. The number of hydrazine groups is 1. The normalized spacial score (nSPS) is 9.92. The summed E-state index contributed by atoms with van der Waals surface area (Å²) in [5.41, 5.74) is 6.81. The lowest BCUT2D eigenvalue weighted by Gasteiger charge is -2.15. The molecule has 0 aliphatic heterocycles. The number of hydrogen-bond acceptors (Lipinski definition) is 5. The van der Waals surface area contributed by atoms with Crippen LogP contribution in [0.15, 0.2) is 0 Å². The molecule has 0 aliphatic carbocycles. The number of ether oxygens (including phenoxy) is 1. The van der Waals surface area contributed by atoms with E-state index in [1.807, 2.05) is 0 Å². The minimum atomic E-state index is -1.22. The van der Waals surface area contributed by atoms with Crippen LogP contribution in [0.5, 0.6) is 0 Å². The zero-order valence-electron chi connectivity index (χ0n) is 8.33. The molecule has 80 valence electrons. The second-order valence-corrected chi connectivity index (χ2v) is 3.22. The van der Waals surface area contributed by atoms with Gasteiger partial charge in [0.1, 0.15) is 5.60 Å². The molecule has 0 spiro atoms. The van der Waals surface area contributed by atoms with Gasteiger partial charge in [0.15, 0.2) is 0 Å². The molecular weight excluding hydrogens is 174 g/mol. The summed E-state index contributed by atoms with van der Waals surface area (Å²) in [6, 6.07) is 0. The lowest BCUT2D eigenvalue weighted by atomic mass is 10.2. The summed E-state index contributed by atoms with van der Waals surface area (Å²) in [7, 11) is 0. The van der Waals surface area contributed by atoms with Crippen molar-refractivity contribution in [2.24, 2.45) is 11.6 Å². The summed E-state index contributed by atoms with van der Waals surface area (Å²) in [5.74, 6) is 4.81. The summed E-state index contributed by atoms with van der Waals surface area (Å²) in [4.78, 5) is 9.79. The summed E-state index contributed by atoms with van der Waals surface area (Å²) in [6.45, 7) is 6.35. The van der Waals surface area contributed by atoms with E-state index in [0.29, 0.717) is 13.1 Å². The molecule has 0 heterocycles. The Morgan fingerprint density at radius 2 is 2.00 bits per heavy atom. The van der Waals surface area contributed by atoms with E-state index in [1.165, 1.54) is 0 Å². The molecule has 0 atom stereocenters. The minimum absolute atomic E-state index is 0.578. The van der Waals surface area contributed by atoms with Gasteiger partial charge < -0.3 is 15.6 Å². The SMILES string of the molecule is CC(C)(C)OC(=O)O.NCCNN. The van der Waals surface area contributed by atoms with Crippen molar-refractivity contribution in [2.45, 2.75) is 26.4 Å². The van der Waals surface area contributed by atoms with E-state index in [0.717, 1.165) is 0 Å². The Kier molecular flexibility index (Phi) is 8.78. The van der Waals surface area contributed by atoms with Crippen molar-refractivity contribution in [2.75, 3.05) is 13.1 Å². The van der Waals surface area contributed by atoms with Crippen LogP contribution in [0.3, 0.4) is 0 Å². The van der Waals surface area contributed by atoms with Gasteiger partial charge in [-0.25, -0.2) is 4.79 Å². The van der Waals surface area contributed by atoms with Crippen LogP contribution in [-0.2, 0) is 4.74 Å². The van der Waals surface area contributed by atoms with Crippen LogP contribution in [0.2, 0.25) is 0 Å². The van der Waals surface area contributed by atoms with Gasteiger partial charge in [0.2, 0.25) is 0 Å². The second kappa shape index (κ2) is 7.78. The maximum absolute atomic E-state index is 9.79. The van der Waals surface area contributed by atoms with Gasteiger partial charge in [0.05, 0.1) is 0 Å². The third-order valence-corrected chi connectivity index (χ3v) is 0.682. The molecule has 6 heteroatoms. The van der Waals surface area contributed by atoms with Gasteiger partial charge in [-0.2, -0.15) is 0 Å². The summed E-state index contributed by atoms with van der Waals surface area (Å²) in [5, 5.41) is 8.03. The molecule has 0 amide bonds. The highest BCUT2D eigenvalue weighted by molar-refractivity contribution is 5.57. The van der Waals surface area contributed by atoms with Crippen molar-refractivity contribution in [1.82, 2.24) is 5.43 Å². The topological polar surface area (TPSA) is 111 Å². The smallest absolute Gasteiger partial charge is 0.450 e. The van der Waals surface area contributed by atoms with Crippen molar-refractivity contribution in [3.63, 3.8) is 0 Å². The Morgan fingerprint density at radius 1 is 1.54 bits per heavy atom. The van der Waals surface area contributed by atoms with Crippen LogP contribution in [0, 0.1) is 0 Å². The standard InChI is InChI=1S/C5H10O3.C2H9N3/c1-5(2,3)8-4(6)7;3-1-2-5-4/h1-3H3,(H,6,7);5H,1-4H2. The number of nitrogens with two attached hydrogens (primary N) is 2. The largest absolute Gasteiger partial charge is 0.506 e. The van der Waals surface area contributed by atoms with Crippen molar-refractivity contribution in [1.29, 1.82) is 0 Å². The van der Waals surface area contributed by atoms with Crippen LogP contribution >= 0.6 is 0 Å². The second-order valence-electron chi connectivity index (χ2n) is 3.22. The lowest BCUT2D eigenvalue weighted by molar-refractivity contribution is 0.0150. The minimum Gasteiger partial charge on any atom is -0.450 e. The Labute approximate surface area is 78.2 Å². The first-order valence-electron chi connectivity index (χ1n) is 3.89. The molecule has 0 aromatic heterocycles. The number of hydrogen-bond donors (Lipinski definition) is 4. The fourth-order valence-corrected chi connectivity index (χ4v) is 0.345. The van der Waals surface area contributed by atoms with Crippen LogP contribution in [0.4, 0.5) is 4.79 Å². The third kappa shape index (κ3) is 24.7. The van der Waals surface area contributed by atoms with E-state index < -0.39 is 11.8 Å². The zero-order valence-corrected chi connectivity index (χ0v) is 8.33. The molecule has 6 N–H and O–H groups in total. The van der Waals surface area contributed by atoms with E-state index in [4.69, 9.17) is 16.7 Å². The molecule has 0 unspecified atom stereocenters. The number of rotatable bonds is 2. The van der Waals surface area contributed by atoms with Crippen molar-refractivity contribution in [3.8, 4) is 0 Å². The van der Waals surface area contributed by atoms with Crippen molar-refractivity contribution >= 4 is 6.16 Å². The first-order chi connectivity index (χ1) is 5.83. The van der Waals surface area contributed by atoms with E-state index in [-0.39, 0.29) is 0 Å². The molecular formula is C7H19N3O3. The van der Waals surface area contributed by atoms with Crippen molar-refractivity contribution in [3.05, 3.63) is 0 Å². The Balaban J connectivity index is 0. The predicted octanol–water partition coefficient (Wildman–Crippen LogP) is -0.112. The molecule has 13 heavy (non-hydrogen) atoms. The van der Waals surface area contributed by atoms with Gasteiger partial charge in [-0.05, 0) is 20.8 Å². The molecule has 6 nitrogen and oxygen atoms in total. The predicted molar refractivity (Wildman–Crippen MR) is 50.1 cm³/mol. The molecule has 0 aromatic rings. The molecule has 0 aliphatic rings. The van der Waals surface area contributed by atoms with Crippen LogP contribution < -0.4 is 17.0 Å². The van der Waals surface area contributed by atoms with Gasteiger partial charge in [-0.3, -0.25) is 11.3 Å². The fraction of sp³-hybridized carbons (Fsp3) is 0.857. The first kappa shape index (κ1) is 14.7. The van der Waals surface area contributed by atoms with E-state index in [1.54, 1.807) is 20.8 Å². The van der Waals surface area contributed by atoms with Gasteiger partial charge in [-0.15, -0.1) is 0 Å². The van der Waals surface area contributed by atoms with Crippen LogP contribution in [-0.4, -0.2) is 30.0 Å². The highest BCUT2D eigenvalue weighted by atomic mass is 16.7. The Hall–Kier alpha value is -0.850. The summed E-state index contributed by atoms with van der Waals surface area (Å²) >= 11 is 0. The zero-order chi connectivity index (χ0) is 10.9. The van der Waals surface area contributed by atoms with E-state index in [9.17, 15) is 4.79 Å². The van der Waals surface area contributed by atoms with Crippen LogP contribution in [0.25, 0.3) is 0 Å². The van der Waals surface area contributed by atoms with E-state index in [2.05, 4.69) is 10.2 Å². The fourth-order valence-electron chi connectivity index (χ4n) is 0.345. The molecule has 0 rings (SSSR count). The quantitative estimate of drug-likeness (QED) is 0.276. The highest BCUT2D eigenvalue weighted by Crippen LogP contribution is 2.05. The number of carboxylic acid groups (broad SMARTS) is 1. The number of nitrogens with one attached hydrogen (secondary N) is 1. The van der Waals surface area contributed by atoms with Crippen molar-refractivity contribution < 1.29 is 14.6 Å². The molecule has 0 saturated carbocycles. The van der Waals surface area contributed by atoms with Gasteiger partial charge in [0.25, 0.3) is 0 Å². The van der Waals surface area contributed by atoms with E-state index >= 15 is 0 Å². The monoisotopic (exact) mass is 193 g/mol. The maximum Gasteiger partial charge on any atom is 0.506 e. The molecule has 0 aromatic carbocycles. The Morgan fingerprint density at radius 3 is 2.00 bits per heavy atom.